The lowest BCUT2D eigenvalue weighted by atomic mass is 9.87. The van der Waals surface area contributed by atoms with Crippen LogP contribution in [0.25, 0.3) is 0 Å². The molecule has 0 aromatic carbocycles. The first kappa shape index (κ1) is 13.9. The van der Waals surface area contributed by atoms with Crippen molar-refractivity contribution in [1.82, 2.24) is 9.97 Å². The van der Waals surface area contributed by atoms with E-state index >= 15 is 0 Å². The Balaban J connectivity index is 2.96. The van der Waals surface area contributed by atoms with Crippen LogP contribution in [0.3, 0.4) is 0 Å². The van der Waals surface area contributed by atoms with E-state index in [0.717, 1.165) is 5.69 Å². The van der Waals surface area contributed by atoms with Gasteiger partial charge >= 0.3 is 0 Å². The van der Waals surface area contributed by atoms with Crippen molar-refractivity contribution in [1.29, 1.82) is 0 Å². The standard InChI is InChI=1S/C13H23N3O/c1-8(2)13(10(5)14)11-6-12(16-7-15-11)17-9(3)4/h6-10,13H,14H2,1-5H3. The van der Waals surface area contributed by atoms with Crippen LogP contribution in [0.1, 0.15) is 46.2 Å². The van der Waals surface area contributed by atoms with Gasteiger partial charge in [0.1, 0.15) is 6.33 Å². The number of hydrogen-bond donors (Lipinski definition) is 1. The molecule has 4 heteroatoms. The maximum Gasteiger partial charge on any atom is 0.216 e. The van der Waals surface area contributed by atoms with Gasteiger partial charge in [-0.2, -0.15) is 0 Å². The van der Waals surface area contributed by atoms with E-state index in [-0.39, 0.29) is 18.1 Å². The van der Waals surface area contributed by atoms with Gasteiger partial charge in [0.2, 0.25) is 5.88 Å². The Morgan fingerprint density at radius 2 is 1.76 bits per heavy atom. The molecule has 1 aromatic heterocycles. The molecule has 0 aliphatic carbocycles. The Hall–Kier alpha value is -1.16. The second-order valence-electron chi connectivity index (χ2n) is 5.08. The van der Waals surface area contributed by atoms with E-state index in [1.165, 1.54) is 0 Å². The van der Waals surface area contributed by atoms with Crippen molar-refractivity contribution in [3.63, 3.8) is 0 Å². The zero-order valence-corrected chi connectivity index (χ0v) is 11.3. The molecule has 0 radical (unpaired) electrons. The normalized spacial score (nSPS) is 15.1. The van der Waals surface area contributed by atoms with E-state index < -0.39 is 0 Å². The molecule has 0 spiro atoms. The van der Waals surface area contributed by atoms with Crippen molar-refractivity contribution in [2.24, 2.45) is 11.7 Å². The van der Waals surface area contributed by atoms with Gasteiger partial charge in [-0.25, -0.2) is 9.97 Å². The summed E-state index contributed by atoms with van der Waals surface area (Å²) in [5, 5.41) is 0. The molecule has 0 amide bonds. The topological polar surface area (TPSA) is 61.0 Å². The van der Waals surface area contributed by atoms with E-state index in [9.17, 15) is 0 Å². The third-order valence-corrected chi connectivity index (χ3v) is 2.65. The highest BCUT2D eigenvalue weighted by atomic mass is 16.5. The Labute approximate surface area is 104 Å². The van der Waals surface area contributed by atoms with Gasteiger partial charge in [-0.1, -0.05) is 13.8 Å². The molecule has 0 saturated carbocycles. The molecule has 4 nitrogen and oxygen atoms in total. The van der Waals surface area contributed by atoms with Gasteiger partial charge in [0.25, 0.3) is 0 Å². The molecule has 0 aliphatic heterocycles. The summed E-state index contributed by atoms with van der Waals surface area (Å²) in [5.74, 6) is 1.29. The van der Waals surface area contributed by atoms with Crippen LogP contribution < -0.4 is 10.5 Å². The molecular formula is C13H23N3O. The van der Waals surface area contributed by atoms with E-state index in [0.29, 0.717) is 11.8 Å². The van der Waals surface area contributed by atoms with Crippen LogP contribution in [0.2, 0.25) is 0 Å². The van der Waals surface area contributed by atoms with Gasteiger partial charge in [-0.05, 0) is 26.7 Å². The minimum atomic E-state index is 0.0665. The van der Waals surface area contributed by atoms with E-state index in [1.807, 2.05) is 26.8 Å². The minimum Gasteiger partial charge on any atom is -0.475 e. The van der Waals surface area contributed by atoms with Gasteiger partial charge in [-0.3, -0.25) is 0 Å². The molecule has 2 N–H and O–H groups in total. The number of nitrogens with zero attached hydrogens (tertiary/aromatic N) is 2. The maximum absolute atomic E-state index is 6.02. The second kappa shape index (κ2) is 5.96. The van der Waals surface area contributed by atoms with Crippen molar-refractivity contribution in [2.75, 3.05) is 0 Å². The summed E-state index contributed by atoms with van der Waals surface area (Å²) >= 11 is 0. The summed E-state index contributed by atoms with van der Waals surface area (Å²) < 4.78 is 5.57. The third kappa shape index (κ3) is 3.97. The van der Waals surface area contributed by atoms with Crippen LogP contribution in [-0.2, 0) is 0 Å². The summed E-state index contributed by atoms with van der Waals surface area (Å²) in [6.07, 6.45) is 1.66. The summed E-state index contributed by atoms with van der Waals surface area (Å²) in [7, 11) is 0. The fourth-order valence-corrected chi connectivity index (χ4v) is 2.06. The zero-order chi connectivity index (χ0) is 13.0. The molecule has 1 aromatic rings. The molecule has 2 atom stereocenters. The molecule has 1 heterocycles. The van der Waals surface area contributed by atoms with Crippen LogP contribution in [0.15, 0.2) is 12.4 Å². The Morgan fingerprint density at radius 3 is 2.24 bits per heavy atom. The lowest BCUT2D eigenvalue weighted by molar-refractivity contribution is 0.231. The lowest BCUT2D eigenvalue weighted by Gasteiger charge is -2.24. The first-order chi connectivity index (χ1) is 7.91. The second-order valence-corrected chi connectivity index (χ2v) is 5.08. The van der Waals surface area contributed by atoms with Gasteiger partial charge in [0.05, 0.1) is 11.8 Å². The van der Waals surface area contributed by atoms with Crippen molar-refractivity contribution in [3.05, 3.63) is 18.1 Å². The maximum atomic E-state index is 6.02. The van der Waals surface area contributed by atoms with Crippen LogP contribution >= 0.6 is 0 Å². The average Bonchev–Trinajstić information content (AvgIpc) is 2.15. The van der Waals surface area contributed by atoms with E-state index in [2.05, 4.69) is 23.8 Å². The molecule has 2 unspecified atom stereocenters. The van der Waals surface area contributed by atoms with Crippen molar-refractivity contribution >= 4 is 0 Å². The predicted octanol–water partition coefficient (Wildman–Crippen LogP) is 2.35. The number of nitrogens with two attached hydrogens (primary N) is 1. The molecule has 1 rings (SSSR count). The summed E-state index contributed by atoms with van der Waals surface area (Å²) in [5.41, 5.74) is 6.98. The molecular weight excluding hydrogens is 214 g/mol. The molecule has 0 aliphatic rings. The van der Waals surface area contributed by atoms with Crippen molar-refractivity contribution in [3.8, 4) is 5.88 Å². The molecule has 0 saturated heterocycles. The van der Waals surface area contributed by atoms with E-state index in [4.69, 9.17) is 10.5 Å². The number of aromatic nitrogens is 2. The highest BCUT2D eigenvalue weighted by molar-refractivity contribution is 5.19. The summed E-state index contributed by atoms with van der Waals surface area (Å²) in [4.78, 5) is 8.42. The Bertz CT molecular complexity index is 342. The largest absolute Gasteiger partial charge is 0.475 e. The van der Waals surface area contributed by atoms with Crippen LogP contribution in [0.5, 0.6) is 5.88 Å². The quantitative estimate of drug-likeness (QED) is 0.854. The van der Waals surface area contributed by atoms with Crippen LogP contribution in [0.4, 0.5) is 0 Å². The SMILES string of the molecule is CC(C)Oc1cc(C(C(C)C)C(C)N)ncn1. The fraction of sp³-hybridized carbons (Fsp3) is 0.692. The number of ether oxygens (including phenoxy) is 1. The highest BCUT2D eigenvalue weighted by Gasteiger charge is 2.22. The van der Waals surface area contributed by atoms with Crippen molar-refractivity contribution in [2.45, 2.75) is 52.7 Å². The molecule has 17 heavy (non-hydrogen) atoms. The summed E-state index contributed by atoms with van der Waals surface area (Å²) in [6.45, 7) is 10.3. The average molecular weight is 237 g/mol. The first-order valence-corrected chi connectivity index (χ1v) is 6.16. The monoisotopic (exact) mass is 237 g/mol. The summed E-state index contributed by atoms with van der Waals surface area (Å²) in [6, 6.07) is 1.96. The van der Waals surface area contributed by atoms with Gasteiger partial charge in [0.15, 0.2) is 0 Å². The minimum absolute atomic E-state index is 0.0665. The van der Waals surface area contributed by atoms with Gasteiger partial charge < -0.3 is 10.5 Å². The van der Waals surface area contributed by atoms with E-state index in [1.54, 1.807) is 6.33 Å². The Morgan fingerprint density at radius 1 is 1.12 bits per heavy atom. The number of hydrogen-bond acceptors (Lipinski definition) is 4. The van der Waals surface area contributed by atoms with Crippen LogP contribution in [0, 0.1) is 5.92 Å². The first-order valence-electron chi connectivity index (χ1n) is 6.16. The smallest absolute Gasteiger partial charge is 0.216 e. The third-order valence-electron chi connectivity index (χ3n) is 2.65. The fourth-order valence-electron chi connectivity index (χ4n) is 2.06. The van der Waals surface area contributed by atoms with Gasteiger partial charge in [0, 0.05) is 18.0 Å². The molecule has 0 fully saturated rings. The molecule has 96 valence electrons. The predicted molar refractivity (Wildman–Crippen MR) is 69.0 cm³/mol. The van der Waals surface area contributed by atoms with Gasteiger partial charge in [-0.15, -0.1) is 0 Å². The van der Waals surface area contributed by atoms with Crippen LogP contribution in [-0.4, -0.2) is 22.1 Å². The molecule has 0 bridgehead atoms. The Kier molecular flexibility index (Phi) is 4.87. The van der Waals surface area contributed by atoms with Crippen molar-refractivity contribution < 1.29 is 4.74 Å². The lowest BCUT2D eigenvalue weighted by Crippen LogP contribution is -2.29. The zero-order valence-electron chi connectivity index (χ0n) is 11.3. The number of rotatable bonds is 5. The highest BCUT2D eigenvalue weighted by Crippen LogP contribution is 2.26.